The fourth-order valence-electron chi connectivity index (χ4n) is 3.54. The summed E-state index contributed by atoms with van der Waals surface area (Å²) in [6.07, 6.45) is 7.27. The topological polar surface area (TPSA) is 82.6 Å². The lowest BCUT2D eigenvalue weighted by molar-refractivity contribution is 0.0548. The van der Waals surface area contributed by atoms with Crippen LogP contribution in [-0.2, 0) is 4.74 Å². The Balaban J connectivity index is 1.58. The molecule has 2 aromatic rings. The Bertz CT molecular complexity index is 942. The highest BCUT2D eigenvalue weighted by atomic mass is 35.5. The number of hydrogen-bond acceptors (Lipinski definition) is 5. The van der Waals surface area contributed by atoms with Crippen molar-refractivity contribution in [1.82, 2.24) is 20.5 Å². The lowest BCUT2D eigenvalue weighted by atomic mass is 10.1. The van der Waals surface area contributed by atoms with Crippen molar-refractivity contribution in [2.24, 2.45) is 5.10 Å². The standard InChI is InChI=1S/C21H22ClN5O2/c22-18-5-1-15(2-6-18)13-16-3-4-17(20(16)27-9-11-29-12-10-27)14-24-26-21(28)19-7-8-23-25-19/h1-2,5-8,13-14H,3-4,9-12H2,(H,23,25)(H,26,28)/b16-13+,24-14?. The molecule has 29 heavy (non-hydrogen) atoms. The average Bonchev–Trinajstić information content (AvgIpc) is 3.41. The zero-order chi connectivity index (χ0) is 20.1. The predicted octanol–water partition coefficient (Wildman–Crippen LogP) is 3.24. The van der Waals surface area contributed by atoms with Crippen LogP contribution in [-0.4, -0.2) is 53.5 Å². The van der Waals surface area contributed by atoms with Gasteiger partial charge in [-0.1, -0.05) is 23.7 Å². The third kappa shape index (κ3) is 4.75. The molecular weight excluding hydrogens is 390 g/mol. The molecule has 2 aliphatic rings. The number of benzene rings is 1. The molecule has 0 bridgehead atoms. The van der Waals surface area contributed by atoms with Gasteiger partial charge in [0, 0.05) is 30.0 Å². The molecule has 2 heterocycles. The van der Waals surface area contributed by atoms with Crippen LogP contribution in [0.1, 0.15) is 28.9 Å². The molecule has 0 atom stereocenters. The smallest absolute Gasteiger partial charge is 0.289 e. The van der Waals surface area contributed by atoms with E-state index in [-0.39, 0.29) is 5.91 Å². The molecule has 1 saturated heterocycles. The number of amides is 1. The largest absolute Gasteiger partial charge is 0.378 e. The second-order valence-corrected chi connectivity index (χ2v) is 7.30. The highest BCUT2D eigenvalue weighted by Gasteiger charge is 2.25. The van der Waals surface area contributed by atoms with Crippen molar-refractivity contribution in [1.29, 1.82) is 0 Å². The van der Waals surface area contributed by atoms with Crippen LogP contribution in [0.5, 0.6) is 0 Å². The lowest BCUT2D eigenvalue weighted by Crippen LogP contribution is -2.36. The highest BCUT2D eigenvalue weighted by Crippen LogP contribution is 2.35. The van der Waals surface area contributed by atoms with Gasteiger partial charge >= 0.3 is 0 Å². The molecule has 2 N–H and O–H groups in total. The van der Waals surface area contributed by atoms with Crippen molar-refractivity contribution in [3.63, 3.8) is 0 Å². The third-order valence-corrected chi connectivity index (χ3v) is 5.19. The number of hydrogen-bond donors (Lipinski definition) is 2. The number of nitrogens with zero attached hydrogens (tertiary/aromatic N) is 3. The molecule has 150 valence electrons. The van der Waals surface area contributed by atoms with Crippen LogP contribution in [0.25, 0.3) is 6.08 Å². The van der Waals surface area contributed by atoms with Gasteiger partial charge in [-0.2, -0.15) is 10.2 Å². The van der Waals surface area contributed by atoms with Crippen LogP contribution in [0.15, 0.2) is 58.5 Å². The molecule has 1 aliphatic carbocycles. The van der Waals surface area contributed by atoms with E-state index < -0.39 is 0 Å². The van der Waals surface area contributed by atoms with Gasteiger partial charge in [0.15, 0.2) is 0 Å². The molecule has 1 amide bonds. The molecule has 0 radical (unpaired) electrons. The summed E-state index contributed by atoms with van der Waals surface area (Å²) in [6.45, 7) is 3.09. The normalized spacial score (nSPS) is 18.8. The monoisotopic (exact) mass is 411 g/mol. The van der Waals surface area contributed by atoms with Crippen molar-refractivity contribution in [3.05, 3.63) is 69.7 Å². The molecule has 1 fully saturated rings. The number of H-pyrrole nitrogens is 1. The predicted molar refractivity (Wildman–Crippen MR) is 113 cm³/mol. The van der Waals surface area contributed by atoms with Crippen molar-refractivity contribution < 1.29 is 9.53 Å². The first kappa shape index (κ1) is 19.4. The van der Waals surface area contributed by atoms with E-state index in [1.54, 1.807) is 12.3 Å². The van der Waals surface area contributed by atoms with Crippen LogP contribution < -0.4 is 5.43 Å². The summed E-state index contributed by atoms with van der Waals surface area (Å²) >= 11 is 6.01. The first-order valence-corrected chi connectivity index (χ1v) is 9.93. The number of morpholine rings is 1. The average molecular weight is 412 g/mol. The minimum atomic E-state index is -0.317. The van der Waals surface area contributed by atoms with E-state index in [2.05, 4.69) is 31.7 Å². The number of carbonyl (C=O) groups is 1. The van der Waals surface area contributed by atoms with Crippen molar-refractivity contribution in [2.45, 2.75) is 12.8 Å². The van der Waals surface area contributed by atoms with Gasteiger partial charge in [0.2, 0.25) is 0 Å². The fourth-order valence-corrected chi connectivity index (χ4v) is 3.67. The second kappa shape index (κ2) is 9.07. The van der Waals surface area contributed by atoms with Gasteiger partial charge in [-0.3, -0.25) is 9.89 Å². The van der Waals surface area contributed by atoms with Crippen LogP contribution in [0.2, 0.25) is 5.02 Å². The van der Waals surface area contributed by atoms with E-state index in [4.69, 9.17) is 16.3 Å². The van der Waals surface area contributed by atoms with E-state index in [1.165, 1.54) is 17.5 Å². The summed E-state index contributed by atoms with van der Waals surface area (Å²) in [5.74, 6) is -0.317. The number of carbonyl (C=O) groups excluding carboxylic acids is 1. The Morgan fingerprint density at radius 2 is 2.00 bits per heavy atom. The van der Waals surface area contributed by atoms with E-state index in [9.17, 15) is 4.79 Å². The Morgan fingerprint density at radius 1 is 1.21 bits per heavy atom. The maximum atomic E-state index is 12.0. The van der Waals surface area contributed by atoms with E-state index in [0.717, 1.165) is 42.1 Å². The van der Waals surface area contributed by atoms with Gasteiger partial charge in [0.1, 0.15) is 5.69 Å². The van der Waals surface area contributed by atoms with E-state index >= 15 is 0 Å². The van der Waals surface area contributed by atoms with Crippen molar-refractivity contribution in [3.8, 4) is 0 Å². The first-order chi connectivity index (χ1) is 14.2. The molecular formula is C21H22ClN5O2. The molecule has 0 spiro atoms. The third-order valence-electron chi connectivity index (χ3n) is 4.94. The highest BCUT2D eigenvalue weighted by molar-refractivity contribution is 6.30. The van der Waals surface area contributed by atoms with Gasteiger partial charge < -0.3 is 9.64 Å². The first-order valence-electron chi connectivity index (χ1n) is 9.56. The summed E-state index contributed by atoms with van der Waals surface area (Å²) < 4.78 is 5.52. The Morgan fingerprint density at radius 3 is 2.72 bits per heavy atom. The maximum Gasteiger partial charge on any atom is 0.289 e. The summed E-state index contributed by atoms with van der Waals surface area (Å²) in [5, 5.41) is 11.3. The maximum absolute atomic E-state index is 12.0. The number of allylic oxidation sites excluding steroid dienone is 2. The molecule has 7 nitrogen and oxygen atoms in total. The number of ether oxygens (including phenoxy) is 1. The molecule has 0 saturated carbocycles. The number of hydrazone groups is 1. The number of halogens is 1. The number of aromatic nitrogens is 2. The van der Waals surface area contributed by atoms with Gasteiger partial charge in [-0.05, 0) is 53.8 Å². The van der Waals surface area contributed by atoms with Gasteiger partial charge in [-0.15, -0.1) is 0 Å². The van der Waals surface area contributed by atoms with E-state index in [1.807, 2.05) is 24.3 Å². The van der Waals surface area contributed by atoms with Gasteiger partial charge in [0.05, 0.1) is 19.4 Å². The molecule has 4 rings (SSSR count). The molecule has 1 aromatic carbocycles. The number of nitrogens with one attached hydrogen (secondary N) is 2. The summed E-state index contributed by atoms with van der Waals surface area (Å²) in [7, 11) is 0. The lowest BCUT2D eigenvalue weighted by Gasteiger charge is -2.31. The fraction of sp³-hybridized carbons (Fsp3) is 0.286. The molecule has 1 aliphatic heterocycles. The molecule has 0 unspecified atom stereocenters. The minimum absolute atomic E-state index is 0.317. The van der Waals surface area contributed by atoms with Crippen LogP contribution in [0.4, 0.5) is 0 Å². The Labute approximate surface area is 174 Å². The van der Waals surface area contributed by atoms with Crippen molar-refractivity contribution in [2.75, 3.05) is 26.3 Å². The van der Waals surface area contributed by atoms with Crippen LogP contribution in [0, 0.1) is 0 Å². The van der Waals surface area contributed by atoms with Crippen LogP contribution >= 0.6 is 11.6 Å². The van der Waals surface area contributed by atoms with Crippen LogP contribution in [0.3, 0.4) is 0 Å². The summed E-state index contributed by atoms with van der Waals surface area (Å²) in [4.78, 5) is 14.4. The quantitative estimate of drug-likeness (QED) is 0.584. The number of aromatic amines is 1. The SMILES string of the molecule is O=C(NN=CC1=C(N2CCOCC2)/C(=C/c2ccc(Cl)cc2)CC1)c1ccn[nH]1. The van der Waals surface area contributed by atoms with E-state index in [0.29, 0.717) is 18.9 Å². The molecule has 8 heteroatoms. The zero-order valence-corrected chi connectivity index (χ0v) is 16.7. The zero-order valence-electron chi connectivity index (χ0n) is 15.9. The Hall–Kier alpha value is -2.90. The number of rotatable bonds is 5. The minimum Gasteiger partial charge on any atom is -0.378 e. The van der Waals surface area contributed by atoms with Crippen molar-refractivity contribution >= 4 is 29.8 Å². The van der Waals surface area contributed by atoms with Gasteiger partial charge in [-0.25, -0.2) is 5.43 Å². The second-order valence-electron chi connectivity index (χ2n) is 6.86. The summed E-state index contributed by atoms with van der Waals surface area (Å²) in [5.41, 5.74) is 7.59. The Kier molecular flexibility index (Phi) is 6.07. The van der Waals surface area contributed by atoms with Gasteiger partial charge in [0.25, 0.3) is 5.91 Å². The molecule has 1 aromatic heterocycles. The summed E-state index contributed by atoms with van der Waals surface area (Å²) in [6, 6.07) is 9.43.